The van der Waals surface area contributed by atoms with Gasteiger partial charge in [-0.05, 0) is 44.1 Å². The van der Waals surface area contributed by atoms with Crippen LogP contribution in [0.5, 0.6) is 0 Å². The lowest BCUT2D eigenvalue weighted by molar-refractivity contribution is -0.0432. The van der Waals surface area contributed by atoms with Crippen molar-refractivity contribution < 1.29 is 4.74 Å². The third kappa shape index (κ3) is 3.18. The first-order valence-corrected chi connectivity index (χ1v) is 6.59. The predicted molar refractivity (Wildman–Crippen MR) is 63.0 cm³/mol. The number of rotatable bonds is 2. The van der Waals surface area contributed by atoms with E-state index < -0.39 is 0 Å². The minimum atomic E-state index is 0.504. The van der Waals surface area contributed by atoms with Crippen LogP contribution < -0.4 is 0 Å². The molecule has 0 spiro atoms. The largest absolute Gasteiger partial charge is 0.377 e. The van der Waals surface area contributed by atoms with Crippen LogP contribution in [0.4, 0.5) is 0 Å². The first-order valence-electron chi connectivity index (χ1n) is 6.59. The van der Waals surface area contributed by atoms with Crippen molar-refractivity contribution >= 4 is 0 Å². The molecule has 2 fully saturated rings. The van der Waals surface area contributed by atoms with E-state index in [0.717, 1.165) is 18.4 Å². The van der Waals surface area contributed by atoms with Gasteiger partial charge in [0.2, 0.25) is 0 Å². The zero-order valence-electron chi connectivity index (χ0n) is 10.2. The standard InChI is InChI=1S/C13H25NO/c1-11-5-3-7-14(9-11)10-13-12(2)6-4-8-15-13/h11-13H,3-10H2,1-2H3/t11-,12-,13?/m0/s1. The zero-order chi connectivity index (χ0) is 10.7. The Morgan fingerprint density at radius 2 is 2.07 bits per heavy atom. The lowest BCUT2D eigenvalue weighted by Crippen LogP contribution is -2.43. The quantitative estimate of drug-likeness (QED) is 0.696. The van der Waals surface area contributed by atoms with Gasteiger partial charge in [-0.15, -0.1) is 0 Å². The Morgan fingerprint density at radius 1 is 1.20 bits per heavy atom. The molecule has 0 aromatic heterocycles. The van der Waals surface area contributed by atoms with Crippen molar-refractivity contribution in [1.29, 1.82) is 0 Å². The molecule has 0 saturated carbocycles. The number of ether oxygens (including phenoxy) is 1. The molecule has 2 saturated heterocycles. The van der Waals surface area contributed by atoms with Gasteiger partial charge in [-0.1, -0.05) is 13.8 Å². The Labute approximate surface area is 94.0 Å². The summed E-state index contributed by atoms with van der Waals surface area (Å²) < 4.78 is 5.89. The van der Waals surface area contributed by atoms with Gasteiger partial charge in [-0.25, -0.2) is 0 Å². The number of likely N-dealkylation sites (tertiary alicyclic amines) is 1. The molecule has 0 aliphatic carbocycles. The van der Waals surface area contributed by atoms with Crippen molar-refractivity contribution in [1.82, 2.24) is 4.90 Å². The Morgan fingerprint density at radius 3 is 2.80 bits per heavy atom. The summed E-state index contributed by atoms with van der Waals surface area (Å²) in [6.07, 6.45) is 5.91. The maximum Gasteiger partial charge on any atom is 0.0727 e. The number of nitrogens with zero attached hydrogens (tertiary/aromatic N) is 1. The van der Waals surface area contributed by atoms with Gasteiger partial charge in [0.25, 0.3) is 0 Å². The van der Waals surface area contributed by atoms with Crippen LogP contribution in [-0.4, -0.2) is 37.2 Å². The van der Waals surface area contributed by atoms with Crippen LogP contribution >= 0.6 is 0 Å². The highest BCUT2D eigenvalue weighted by atomic mass is 16.5. The molecule has 2 rings (SSSR count). The van der Waals surface area contributed by atoms with E-state index in [-0.39, 0.29) is 0 Å². The van der Waals surface area contributed by atoms with Crippen LogP contribution in [-0.2, 0) is 4.74 Å². The van der Waals surface area contributed by atoms with E-state index in [4.69, 9.17) is 4.74 Å². The summed E-state index contributed by atoms with van der Waals surface area (Å²) >= 11 is 0. The topological polar surface area (TPSA) is 12.5 Å². The Balaban J connectivity index is 1.79. The fourth-order valence-electron chi connectivity index (χ4n) is 2.93. The highest BCUT2D eigenvalue weighted by molar-refractivity contribution is 4.78. The van der Waals surface area contributed by atoms with Gasteiger partial charge in [-0.2, -0.15) is 0 Å². The fraction of sp³-hybridized carbons (Fsp3) is 1.00. The van der Waals surface area contributed by atoms with Gasteiger partial charge < -0.3 is 9.64 Å². The fourth-order valence-corrected chi connectivity index (χ4v) is 2.93. The van der Waals surface area contributed by atoms with Gasteiger partial charge in [0.1, 0.15) is 0 Å². The van der Waals surface area contributed by atoms with E-state index in [9.17, 15) is 0 Å². The number of piperidine rings is 1. The number of hydrogen-bond donors (Lipinski definition) is 0. The molecule has 2 nitrogen and oxygen atoms in total. The van der Waals surface area contributed by atoms with Gasteiger partial charge in [0.05, 0.1) is 6.10 Å². The van der Waals surface area contributed by atoms with E-state index in [1.54, 1.807) is 0 Å². The average molecular weight is 211 g/mol. The molecular formula is C13H25NO. The van der Waals surface area contributed by atoms with Crippen LogP contribution in [0.1, 0.15) is 39.5 Å². The van der Waals surface area contributed by atoms with Crippen molar-refractivity contribution in [3.8, 4) is 0 Å². The molecule has 0 aromatic rings. The van der Waals surface area contributed by atoms with Crippen molar-refractivity contribution in [3.63, 3.8) is 0 Å². The summed E-state index contributed by atoms with van der Waals surface area (Å²) in [4.78, 5) is 2.61. The second kappa shape index (κ2) is 5.31. The second-order valence-corrected chi connectivity index (χ2v) is 5.54. The van der Waals surface area contributed by atoms with E-state index in [2.05, 4.69) is 18.7 Å². The van der Waals surface area contributed by atoms with E-state index in [1.807, 2.05) is 0 Å². The van der Waals surface area contributed by atoms with Crippen molar-refractivity contribution in [2.45, 2.75) is 45.6 Å². The summed E-state index contributed by atoms with van der Waals surface area (Å²) in [6.45, 7) is 9.45. The van der Waals surface area contributed by atoms with E-state index in [1.165, 1.54) is 45.3 Å². The smallest absolute Gasteiger partial charge is 0.0727 e. The maximum atomic E-state index is 5.89. The Hall–Kier alpha value is -0.0800. The molecule has 2 aliphatic rings. The van der Waals surface area contributed by atoms with Crippen LogP contribution in [0.15, 0.2) is 0 Å². The summed E-state index contributed by atoms with van der Waals surface area (Å²) in [6, 6.07) is 0. The zero-order valence-corrected chi connectivity index (χ0v) is 10.2. The summed E-state index contributed by atoms with van der Waals surface area (Å²) in [7, 11) is 0. The Bertz CT molecular complexity index is 195. The molecule has 1 unspecified atom stereocenters. The van der Waals surface area contributed by atoms with E-state index >= 15 is 0 Å². The maximum absolute atomic E-state index is 5.89. The van der Waals surface area contributed by atoms with Gasteiger partial charge in [-0.3, -0.25) is 0 Å². The van der Waals surface area contributed by atoms with Crippen molar-refractivity contribution in [2.75, 3.05) is 26.2 Å². The van der Waals surface area contributed by atoms with Gasteiger partial charge in [0, 0.05) is 19.7 Å². The van der Waals surface area contributed by atoms with Gasteiger partial charge in [0.15, 0.2) is 0 Å². The van der Waals surface area contributed by atoms with Crippen LogP contribution in [0.2, 0.25) is 0 Å². The number of hydrogen-bond acceptors (Lipinski definition) is 2. The molecule has 15 heavy (non-hydrogen) atoms. The molecule has 0 amide bonds. The summed E-state index contributed by atoms with van der Waals surface area (Å²) in [5.41, 5.74) is 0. The molecule has 3 atom stereocenters. The molecule has 2 aliphatic heterocycles. The molecule has 0 aromatic carbocycles. The Kier molecular flexibility index (Phi) is 4.04. The second-order valence-electron chi connectivity index (χ2n) is 5.54. The lowest BCUT2D eigenvalue weighted by atomic mass is 9.94. The first-order chi connectivity index (χ1) is 7.25. The minimum Gasteiger partial charge on any atom is -0.377 e. The normalized spacial score (nSPS) is 39.2. The van der Waals surface area contributed by atoms with Crippen molar-refractivity contribution in [2.24, 2.45) is 11.8 Å². The van der Waals surface area contributed by atoms with E-state index in [0.29, 0.717) is 6.10 Å². The third-order valence-electron chi connectivity index (χ3n) is 3.95. The van der Waals surface area contributed by atoms with Gasteiger partial charge >= 0.3 is 0 Å². The highest BCUT2D eigenvalue weighted by Crippen LogP contribution is 2.23. The molecule has 0 N–H and O–H groups in total. The molecule has 88 valence electrons. The van der Waals surface area contributed by atoms with Crippen LogP contribution in [0.25, 0.3) is 0 Å². The molecular weight excluding hydrogens is 186 g/mol. The van der Waals surface area contributed by atoms with Crippen molar-refractivity contribution in [3.05, 3.63) is 0 Å². The molecule has 2 heteroatoms. The molecule has 2 heterocycles. The van der Waals surface area contributed by atoms with Crippen LogP contribution in [0, 0.1) is 11.8 Å². The minimum absolute atomic E-state index is 0.504. The third-order valence-corrected chi connectivity index (χ3v) is 3.95. The average Bonchev–Trinajstić information content (AvgIpc) is 2.22. The summed E-state index contributed by atoms with van der Waals surface area (Å²) in [5.74, 6) is 1.65. The monoisotopic (exact) mass is 211 g/mol. The molecule has 0 radical (unpaired) electrons. The first kappa shape index (κ1) is 11.4. The summed E-state index contributed by atoms with van der Waals surface area (Å²) in [5, 5.41) is 0. The predicted octanol–water partition coefficient (Wildman–Crippen LogP) is 2.53. The lowest BCUT2D eigenvalue weighted by Gasteiger charge is -2.37. The SMILES string of the molecule is C[C@H]1CCCN(CC2OCCC[C@@H]2C)C1. The van der Waals surface area contributed by atoms with Crippen LogP contribution in [0.3, 0.4) is 0 Å². The molecule has 0 bridgehead atoms. The highest BCUT2D eigenvalue weighted by Gasteiger charge is 2.26.